The number of aryl methyl sites for hydroxylation is 1. The van der Waals surface area contributed by atoms with Gasteiger partial charge in [-0.05, 0) is 37.6 Å². The third kappa shape index (κ3) is 8.80. The van der Waals surface area contributed by atoms with Crippen LogP contribution in [0.25, 0.3) is 0 Å². The minimum atomic E-state index is -5.08. The first-order valence-electron chi connectivity index (χ1n) is 11.3. The lowest BCUT2D eigenvalue weighted by molar-refractivity contribution is -0.193. The number of carboxylic acid groups (broad SMARTS) is 2. The molecule has 0 aliphatic carbocycles. The van der Waals surface area contributed by atoms with Crippen LogP contribution in [0.2, 0.25) is 0 Å². The predicted molar refractivity (Wildman–Crippen MR) is 119 cm³/mol. The van der Waals surface area contributed by atoms with E-state index in [-0.39, 0.29) is 6.42 Å². The van der Waals surface area contributed by atoms with Crippen molar-refractivity contribution in [1.29, 1.82) is 0 Å². The molecule has 2 aliphatic rings. The zero-order chi connectivity index (χ0) is 29.6. The van der Waals surface area contributed by atoms with Crippen LogP contribution in [0.4, 0.5) is 40.8 Å². The molecule has 0 aromatic carbocycles. The van der Waals surface area contributed by atoms with Gasteiger partial charge in [-0.15, -0.1) is 0 Å². The summed E-state index contributed by atoms with van der Waals surface area (Å²) in [6, 6.07) is 7.65. The number of rotatable bonds is 3. The molecule has 0 amide bonds. The number of pyridine rings is 1. The van der Waals surface area contributed by atoms with Crippen molar-refractivity contribution in [2.75, 3.05) is 31.1 Å². The van der Waals surface area contributed by atoms with E-state index >= 15 is 0 Å². The number of hydrogen-bond acceptors (Lipinski definition) is 6. The minimum absolute atomic E-state index is 0.0897. The predicted octanol–water partition coefficient (Wildman–Crippen LogP) is 4.99. The fourth-order valence-electron chi connectivity index (χ4n) is 4.17. The maximum Gasteiger partial charge on any atom is 0.490 e. The highest BCUT2D eigenvalue weighted by atomic mass is 19.4. The maximum atomic E-state index is 14.9. The van der Waals surface area contributed by atoms with E-state index in [1.165, 1.54) is 0 Å². The number of anilines is 1. The molecule has 0 radical (unpaired) electrons. The van der Waals surface area contributed by atoms with Gasteiger partial charge in [0.2, 0.25) is 0 Å². The van der Waals surface area contributed by atoms with Crippen molar-refractivity contribution >= 4 is 17.6 Å². The molecule has 0 saturated carbocycles. The highest BCUT2D eigenvalue weighted by molar-refractivity contribution is 5.73. The summed E-state index contributed by atoms with van der Waals surface area (Å²) in [5.74, 6) is -6.45. The minimum Gasteiger partial charge on any atom is -0.475 e. The second-order valence-corrected chi connectivity index (χ2v) is 8.95. The Labute approximate surface area is 216 Å². The summed E-state index contributed by atoms with van der Waals surface area (Å²) in [7, 11) is 0. The van der Waals surface area contributed by atoms with Gasteiger partial charge >= 0.3 is 24.3 Å². The number of piperidine rings is 1. The number of aromatic nitrogens is 1. The molecular formula is C23H25F8N3O5. The zero-order valence-corrected chi connectivity index (χ0v) is 20.4. The molecule has 1 spiro atoms. The normalized spacial score (nSPS) is 21.0. The number of alkyl halides is 8. The second-order valence-electron chi connectivity index (χ2n) is 8.95. The highest BCUT2D eigenvalue weighted by Crippen LogP contribution is 2.50. The van der Waals surface area contributed by atoms with E-state index < -0.39 is 35.6 Å². The Bertz CT molecular complexity index is 1080. The Morgan fingerprint density at radius 2 is 1.56 bits per heavy atom. The molecule has 4 rings (SSSR count). The summed E-state index contributed by atoms with van der Waals surface area (Å²) in [5.41, 5.74) is -0.0723. The first kappa shape index (κ1) is 31.8. The summed E-state index contributed by atoms with van der Waals surface area (Å²) >= 11 is 0. The summed E-state index contributed by atoms with van der Waals surface area (Å²) in [6.07, 6.45) is -6.29. The molecule has 2 saturated heterocycles. The van der Waals surface area contributed by atoms with Crippen LogP contribution in [-0.2, 0) is 16.1 Å². The number of carbonyl (C=O) groups is 2. The van der Waals surface area contributed by atoms with E-state index in [2.05, 4.69) is 9.88 Å². The summed E-state index contributed by atoms with van der Waals surface area (Å²) in [4.78, 5) is 26.1. The smallest absolute Gasteiger partial charge is 0.475 e. The SMILES string of the molecule is Cc1ccc(CN2CCC(F)(F)C3(CCN(c4cccnc4)C3)C2)o1.O=C(O)C(F)(F)F.O=C(O)C(F)(F)F. The van der Waals surface area contributed by atoms with Crippen molar-refractivity contribution < 1.29 is 59.3 Å². The van der Waals surface area contributed by atoms with Crippen molar-refractivity contribution in [2.24, 2.45) is 5.41 Å². The van der Waals surface area contributed by atoms with E-state index in [9.17, 15) is 35.1 Å². The molecule has 39 heavy (non-hydrogen) atoms. The van der Waals surface area contributed by atoms with Crippen LogP contribution in [0, 0.1) is 12.3 Å². The van der Waals surface area contributed by atoms with Crippen LogP contribution in [0.1, 0.15) is 24.4 Å². The first-order chi connectivity index (χ1) is 17.9. The zero-order valence-electron chi connectivity index (χ0n) is 20.4. The van der Waals surface area contributed by atoms with Crippen LogP contribution in [0.15, 0.2) is 41.1 Å². The van der Waals surface area contributed by atoms with Gasteiger partial charge in [0.05, 0.1) is 23.8 Å². The first-order valence-corrected chi connectivity index (χ1v) is 11.3. The average molecular weight is 575 g/mol. The fraction of sp³-hybridized carbons (Fsp3) is 0.522. The maximum absolute atomic E-state index is 14.9. The Balaban J connectivity index is 0.000000317. The summed E-state index contributed by atoms with van der Waals surface area (Å²) in [5, 5.41) is 14.2. The molecule has 1 unspecified atom stereocenters. The van der Waals surface area contributed by atoms with Crippen molar-refractivity contribution in [3.8, 4) is 0 Å². The van der Waals surface area contributed by atoms with Gasteiger partial charge in [0.1, 0.15) is 11.5 Å². The number of halogens is 8. The van der Waals surface area contributed by atoms with E-state index in [1.54, 1.807) is 12.4 Å². The van der Waals surface area contributed by atoms with Gasteiger partial charge in [0.15, 0.2) is 0 Å². The molecule has 2 aromatic rings. The fourth-order valence-corrected chi connectivity index (χ4v) is 4.17. The molecule has 218 valence electrons. The molecule has 2 fully saturated rings. The van der Waals surface area contributed by atoms with Crippen molar-refractivity contribution in [1.82, 2.24) is 9.88 Å². The van der Waals surface area contributed by atoms with Crippen LogP contribution < -0.4 is 4.90 Å². The monoisotopic (exact) mass is 575 g/mol. The average Bonchev–Trinajstić information content (AvgIpc) is 3.44. The Morgan fingerprint density at radius 3 is 2.03 bits per heavy atom. The standard InChI is InChI=1S/C19H23F2N3O.2C2HF3O2/c1-15-4-5-17(25-15)12-23-9-7-19(20,21)18(13-23)6-10-24(14-18)16-3-2-8-22-11-16;2*3-2(4,5)1(6)7/h2-5,8,11H,6-7,9-10,12-14H2,1H3;2*(H,6,7). The number of nitrogens with zero attached hydrogens (tertiary/aromatic N) is 3. The number of aliphatic carboxylic acids is 2. The van der Waals surface area contributed by atoms with Gasteiger partial charge in [-0.3, -0.25) is 9.88 Å². The third-order valence-corrected chi connectivity index (χ3v) is 6.07. The molecule has 4 heterocycles. The molecule has 2 aliphatic heterocycles. The molecule has 2 aromatic heterocycles. The van der Waals surface area contributed by atoms with E-state index in [1.807, 2.05) is 36.1 Å². The summed E-state index contributed by atoms with van der Waals surface area (Å²) < 4.78 is 98.9. The van der Waals surface area contributed by atoms with Crippen molar-refractivity contribution in [3.05, 3.63) is 48.2 Å². The van der Waals surface area contributed by atoms with E-state index in [0.717, 1.165) is 17.2 Å². The number of furan rings is 1. The lowest BCUT2D eigenvalue weighted by Crippen LogP contribution is -2.56. The second kappa shape index (κ2) is 12.2. The van der Waals surface area contributed by atoms with Crippen LogP contribution >= 0.6 is 0 Å². The van der Waals surface area contributed by atoms with Gasteiger partial charge in [0, 0.05) is 38.8 Å². The molecule has 0 bridgehead atoms. The quantitative estimate of drug-likeness (QED) is 0.494. The Morgan fingerprint density at radius 1 is 0.974 bits per heavy atom. The van der Waals surface area contributed by atoms with E-state index in [0.29, 0.717) is 39.1 Å². The van der Waals surface area contributed by atoms with Gasteiger partial charge < -0.3 is 19.5 Å². The number of carboxylic acids is 2. The largest absolute Gasteiger partial charge is 0.490 e. The number of hydrogen-bond donors (Lipinski definition) is 2. The van der Waals surface area contributed by atoms with Crippen LogP contribution in [-0.4, -0.2) is 76.5 Å². The highest BCUT2D eigenvalue weighted by Gasteiger charge is 2.59. The van der Waals surface area contributed by atoms with Gasteiger partial charge in [0.25, 0.3) is 5.92 Å². The lowest BCUT2D eigenvalue weighted by atomic mass is 9.75. The van der Waals surface area contributed by atoms with E-state index in [4.69, 9.17) is 24.2 Å². The van der Waals surface area contributed by atoms with Gasteiger partial charge in [-0.2, -0.15) is 26.3 Å². The molecule has 16 heteroatoms. The Kier molecular flexibility index (Phi) is 9.92. The molecule has 1 atom stereocenters. The molecule has 2 N–H and O–H groups in total. The van der Waals surface area contributed by atoms with Gasteiger partial charge in [-0.1, -0.05) is 0 Å². The van der Waals surface area contributed by atoms with Crippen molar-refractivity contribution in [2.45, 2.75) is 44.6 Å². The topological polar surface area (TPSA) is 107 Å². The number of likely N-dealkylation sites (tertiary alicyclic amines) is 1. The lowest BCUT2D eigenvalue weighted by Gasteiger charge is -2.45. The van der Waals surface area contributed by atoms with Crippen molar-refractivity contribution in [3.63, 3.8) is 0 Å². The summed E-state index contributed by atoms with van der Waals surface area (Å²) in [6.45, 7) is 4.32. The molecular weight excluding hydrogens is 550 g/mol. The van der Waals surface area contributed by atoms with Crippen LogP contribution in [0.3, 0.4) is 0 Å². The third-order valence-electron chi connectivity index (χ3n) is 6.07. The molecule has 8 nitrogen and oxygen atoms in total. The van der Waals surface area contributed by atoms with Gasteiger partial charge in [-0.25, -0.2) is 18.4 Å². The Hall–Kier alpha value is -3.43. The van der Waals surface area contributed by atoms with Crippen LogP contribution in [0.5, 0.6) is 0 Å².